The second-order valence-electron chi connectivity index (χ2n) is 10.5. The topological polar surface area (TPSA) is 177 Å². The van der Waals surface area contributed by atoms with Crippen molar-refractivity contribution >= 4 is 30.1 Å². The standard InChI is InChI=1S/C31H40N2O11/c1-18(2)29(37)42-17-41-27-24(40-6)12-13-32-25(27)28(36)33-23(16-35)31(39)43-20(5)26(44-30(38)19(3)4)22(15-34)14-21-10-8-7-9-11-21/h7-13,15,18-20,22-23,26,35H,14,16-17H2,1-6H3,(H,33,36)/t20-,22-,23-,26-/m0/s1. The fourth-order valence-corrected chi connectivity index (χ4v) is 3.87. The van der Waals surface area contributed by atoms with Crippen molar-refractivity contribution in [3.05, 3.63) is 53.9 Å². The van der Waals surface area contributed by atoms with Gasteiger partial charge in [-0.1, -0.05) is 58.0 Å². The maximum atomic E-state index is 13.2. The number of amides is 1. The van der Waals surface area contributed by atoms with Crippen LogP contribution in [-0.2, 0) is 39.8 Å². The molecule has 13 nitrogen and oxygen atoms in total. The van der Waals surface area contributed by atoms with E-state index in [1.807, 2.05) is 18.2 Å². The van der Waals surface area contributed by atoms with Gasteiger partial charge in [0, 0.05) is 12.3 Å². The first-order chi connectivity index (χ1) is 20.9. The van der Waals surface area contributed by atoms with Crippen molar-refractivity contribution in [2.45, 2.75) is 59.3 Å². The summed E-state index contributed by atoms with van der Waals surface area (Å²) in [6.07, 6.45) is -0.196. The van der Waals surface area contributed by atoms with Gasteiger partial charge in [0.1, 0.15) is 18.5 Å². The molecule has 0 saturated carbocycles. The van der Waals surface area contributed by atoms with Crippen LogP contribution in [0, 0.1) is 17.8 Å². The molecule has 1 amide bonds. The lowest BCUT2D eigenvalue weighted by atomic mass is 9.92. The maximum absolute atomic E-state index is 13.2. The van der Waals surface area contributed by atoms with Crippen LogP contribution >= 0.6 is 0 Å². The minimum Gasteiger partial charge on any atom is -0.493 e. The number of aldehydes is 1. The predicted octanol–water partition coefficient (Wildman–Crippen LogP) is 2.27. The molecule has 240 valence electrons. The summed E-state index contributed by atoms with van der Waals surface area (Å²) in [5.41, 5.74) is 0.480. The molecule has 1 heterocycles. The molecule has 1 aromatic heterocycles. The number of pyridine rings is 1. The molecule has 13 heteroatoms. The van der Waals surface area contributed by atoms with E-state index in [-0.39, 0.29) is 23.6 Å². The lowest BCUT2D eigenvalue weighted by Crippen LogP contribution is -2.48. The van der Waals surface area contributed by atoms with Crippen LogP contribution in [0.5, 0.6) is 11.5 Å². The highest BCUT2D eigenvalue weighted by Crippen LogP contribution is 2.30. The molecule has 0 unspecified atom stereocenters. The summed E-state index contributed by atoms with van der Waals surface area (Å²) in [5, 5.41) is 12.3. The first-order valence-corrected chi connectivity index (χ1v) is 14.1. The van der Waals surface area contributed by atoms with Crippen molar-refractivity contribution in [3.8, 4) is 11.5 Å². The average molecular weight is 617 g/mol. The predicted molar refractivity (Wildman–Crippen MR) is 156 cm³/mol. The van der Waals surface area contributed by atoms with Crippen LogP contribution in [0.2, 0.25) is 0 Å². The number of esters is 3. The molecule has 44 heavy (non-hydrogen) atoms. The van der Waals surface area contributed by atoms with Crippen molar-refractivity contribution in [2.24, 2.45) is 17.8 Å². The molecule has 2 N–H and O–H groups in total. The number of nitrogens with zero attached hydrogens (tertiary/aromatic N) is 1. The lowest BCUT2D eigenvalue weighted by Gasteiger charge is -2.30. The van der Waals surface area contributed by atoms with Gasteiger partial charge in [-0.3, -0.25) is 14.4 Å². The van der Waals surface area contributed by atoms with Gasteiger partial charge >= 0.3 is 17.9 Å². The third-order valence-electron chi connectivity index (χ3n) is 6.35. The number of hydrogen-bond donors (Lipinski definition) is 2. The molecule has 0 radical (unpaired) electrons. The van der Waals surface area contributed by atoms with Gasteiger partial charge in [0.2, 0.25) is 6.79 Å². The smallest absolute Gasteiger partial charge is 0.331 e. The molecule has 1 aromatic carbocycles. The number of aliphatic hydroxyl groups excluding tert-OH is 1. The van der Waals surface area contributed by atoms with E-state index in [1.165, 1.54) is 26.3 Å². The van der Waals surface area contributed by atoms with Crippen molar-refractivity contribution in [1.29, 1.82) is 0 Å². The second-order valence-corrected chi connectivity index (χ2v) is 10.5. The lowest BCUT2D eigenvalue weighted by molar-refractivity contribution is -0.175. The van der Waals surface area contributed by atoms with Crippen LogP contribution in [0.1, 0.15) is 50.7 Å². The second kappa shape index (κ2) is 17.6. The van der Waals surface area contributed by atoms with Gasteiger partial charge in [-0.15, -0.1) is 0 Å². The van der Waals surface area contributed by atoms with Crippen LogP contribution in [0.15, 0.2) is 42.6 Å². The fourth-order valence-electron chi connectivity index (χ4n) is 3.87. The zero-order valence-electron chi connectivity index (χ0n) is 25.7. The molecular weight excluding hydrogens is 576 g/mol. The Morgan fingerprint density at radius 3 is 2.16 bits per heavy atom. The first kappa shape index (κ1) is 35.7. The molecule has 2 rings (SSSR count). The highest BCUT2D eigenvalue weighted by atomic mass is 16.7. The minimum atomic E-state index is -1.57. The van der Waals surface area contributed by atoms with Crippen molar-refractivity contribution in [3.63, 3.8) is 0 Å². The van der Waals surface area contributed by atoms with E-state index < -0.39 is 73.2 Å². The molecule has 0 aliphatic rings. The molecule has 4 atom stereocenters. The van der Waals surface area contributed by atoms with E-state index >= 15 is 0 Å². The van der Waals surface area contributed by atoms with E-state index in [2.05, 4.69) is 10.3 Å². The number of carbonyl (C=O) groups is 5. The molecule has 0 bridgehead atoms. The van der Waals surface area contributed by atoms with E-state index in [0.717, 1.165) is 5.56 Å². The number of ether oxygens (including phenoxy) is 5. The Balaban J connectivity index is 2.22. The third kappa shape index (κ3) is 10.3. The Kier molecular flexibility index (Phi) is 14.2. The van der Waals surface area contributed by atoms with Gasteiger partial charge < -0.3 is 38.9 Å². The van der Waals surface area contributed by atoms with Crippen LogP contribution in [0.25, 0.3) is 0 Å². The SMILES string of the molecule is COc1ccnc(C(=O)N[C@@H](CO)C(=O)O[C@@H](C)[C@H](OC(=O)C(C)C)[C@H](C=O)Cc2ccccc2)c1OCOC(=O)C(C)C. The number of nitrogens with one attached hydrogen (secondary N) is 1. The summed E-state index contributed by atoms with van der Waals surface area (Å²) in [5.74, 6) is -4.99. The van der Waals surface area contributed by atoms with Gasteiger partial charge in [-0.2, -0.15) is 0 Å². The number of rotatable bonds is 17. The van der Waals surface area contributed by atoms with Crippen LogP contribution in [0.4, 0.5) is 0 Å². The Morgan fingerprint density at radius 1 is 0.932 bits per heavy atom. The largest absolute Gasteiger partial charge is 0.493 e. The number of hydrogen-bond acceptors (Lipinski definition) is 12. The van der Waals surface area contributed by atoms with Gasteiger partial charge in [0.25, 0.3) is 5.91 Å². The highest BCUT2D eigenvalue weighted by Gasteiger charge is 2.36. The zero-order chi connectivity index (χ0) is 32.8. The molecule has 0 saturated heterocycles. The van der Waals surface area contributed by atoms with Gasteiger partial charge in [-0.25, -0.2) is 9.78 Å². The Bertz CT molecular complexity index is 1270. The molecule has 2 aromatic rings. The minimum absolute atomic E-state index is 0.0932. The van der Waals surface area contributed by atoms with Crippen molar-refractivity contribution in [2.75, 3.05) is 20.5 Å². The van der Waals surface area contributed by atoms with Gasteiger partial charge in [0.05, 0.1) is 31.5 Å². The van der Waals surface area contributed by atoms with E-state index in [0.29, 0.717) is 6.29 Å². The maximum Gasteiger partial charge on any atom is 0.331 e. The van der Waals surface area contributed by atoms with Crippen molar-refractivity contribution < 1.29 is 52.8 Å². The summed E-state index contributed by atoms with van der Waals surface area (Å²) in [6, 6.07) is 8.88. The van der Waals surface area contributed by atoms with Gasteiger partial charge in [0.15, 0.2) is 23.2 Å². The summed E-state index contributed by atoms with van der Waals surface area (Å²) in [4.78, 5) is 66.7. The molecule has 0 aliphatic carbocycles. The van der Waals surface area contributed by atoms with Crippen molar-refractivity contribution in [1.82, 2.24) is 10.3 Å². The normalized spacial score (nSPS) is 13.7. The van der Waals surface area contributed by atoms with E-state index in [1.54, 1.807) is 39.8 Å². The van der Waals surface area contributed by atoms with E-state index in [4.69, 9.17) is 23.7 Å². The number of benzene rings is 1. The zero-order valence-corrected chi connectivity index (χ0v) is 25.7. The molecular formula is C31H40N2O11. The number of aliphatic hydroxyl groups is 1. The van der Waals surface area contributed by atoms with E-state index in [9.17, 15) is 29.1 Å². The number of methoxy groups -OCH3 is 1. The molecule has 0 spiro atoms. The van der Waals surface area contributed by atoms with Crippen LogP contribution in [0.3, 0.4) is 0 Å². The summed E-state index contributed by atoms with van der Waals surface area (Å²) in [7, 11) is 1.33. The Hall–Kier alpha value is -4.52. The Morgan fingerprint density at radius 2 is 1.59 bits per heavy atom. The quantitative estimate of drug-likeness (QED) is 0.115. The monoisotopic (exact) mass is 616 g/mol. The summed E-state index contributed by atoms with van der Waals surface area (Å²) < 4.78 is 26.8. The summed E-state index contributed by atoms with van der Waals surface area (Å²) in [6.45, 7) is 6.57. The number of carbonyl (C=O) groups excluding carboxylic acids is 5. The average Bonchev–Trinajstić information content (AvgIpc) is 3.01. The highest BCUT2D eigenvalue weighted by molar-refractivity contribution is 5.98. The third-order valence-corrected chi connectivity index (χ3v) is 6.35. The molecule has 0 aliphatic heterocycles. The Labute approximate surface area is 256 Å². The summed E-state index contributed by atoms with van der Waals surface area (Å²) >= 11 is 0. The fraction of sp³-hybridized carbons (Fsp3) is 0.484. The number of aromatic nitrogens is 1. The van der Waals surface area contributed by atoms with Gasteiger partial charge in [-0.05, 0) is 18.9 Å². The first-order valence-electron chi connectivity index (χ1n) is 14.1. The van der Waals surface area contributed by atoms with Crippen LogP contribution in [-0.4, -0.2) is 79.0 Å². The van der Waals surface area contributed by atoms with Crippen LogP contribution < -0.4 is 14.8 Å². The molecule has 0 fully saturated rings.